The number of aromatic amines is 1. The molecule has 0 unspecified atom stereocenters. The quantitative estimate of drug-likeness (QED) is 0.0710. The van der Waals surface area contributed by atoms with Crippen molar-refractivity contribution in [1.29, 1.82) is 0 Å². The van der Waals surface area contributed by atoms with Gasteiger partial charge >= 0.3 is 28.3 Å². The number of H-pyrrole nitrogens is 1. The molecule has 0 saturated heterocycles. The van der Waals surface area contributed by atoms with Crippen molar-refractivity contribution < 1.29 is 38.3 Å². The summed E-state index contributed by atoms with van der Waals surface area (Å²) in [5, 5.41) is 8.39. The summed E-state index contributed by atoms with van der Waals surface area (Å²) in [6.07, 6.45) is 1.85. The van der Waals surface area contributed by atoms with Crippen molar-refractivity contribution in [3.63, 3.8) is 0 Å². The fourth-order valence-corrected chi connectivity index (χ4v) is 9.52. The Bertz CT molecular complexity index is 1640. The zero-order valence-electron chi connectivity index (χ0n) is 28.3. The van der Waals surface area contributed by atoms with E-state index in [2.05, 4.69) is 200 Å². The molecule has 266 valence electrons. The molecule has 0 radical (unpaired) electrons. The average Bonchev–Trinajstić information content (AvgIpc) is 3.71. The molecule has 6 aromatic carbocycles. The summed E-state index contributed by atoms with van der Waals surface area (Å²) in [7, 11) is -6.89. The summed E-state index contributed by atoms with van der Waals surface area (Å²) in [6.45, 7) is 7.31. The Kier molecular flexibility index (Phi) is 18.1. The van der Waals surface area contributed by atoms with Gasteiger partial charge in [0.05, 0.1) is 0 Å². The summed E-state index contributed by atoms with van der Waals surface area (Å²) in [4.78, 5) is 2.97. The van der Waals surface area contributed by atoms with Crippen molar-refractivity contribution in [2.75, 3.05) is 0 Å². The van der Waals surface area contributed by atoms with Crippen molar-refractivity contribution >= 4 is 60.5 Å². The van der Waals surface area contributed by atoms with Crippen LogP contribution < -0.4 is 31.8 Å². The SMILES string of the molecule is C=C([CH2-])c1ccc[nH]1.F[B-](F)(F)F.[Pt+2].c1ccc(P(c2ccccc2)c2ccccc2)cc1.c1ccc(P(c2ccccc2)c2ccccc2)cc1. The summed E-state index contributed by atoms with van der Waals surface area (Å²) in [5.74, 6) is 0. The monoisotopic (exact) mass is 912 g/mol. The molecule has 0 saturated carbocycles. The number of rotatable bonds is 7. The first-order chi connectivity index (χ1) is 24.7. The predicted molar refractivity (Wildman–Crippen MR) is 216 cm³/mol. The third kappa shape index (κ3) is 14.6. The zero-order valence-corrected chi connectivity index (χ0v) is 32.3. The van der Waals surface area contributed by atoms with E-state index in [1.54, 1.807) is 0 Å². The number of aromatic nitrogens is 1. The Morgan fingerprint density at radius 2 is 0.635 bits per heavy atom. The van der Waals surface area contributed by atoms with Gasteiger partial charge in [-0.1, -0.05) is 200 Å². The molecule has 1 aromatic heterocycles. The van der Waals surface area contributed by atoms with Crippen LogP contribution in [0, 0.1) is 6.92 Å². The van der Waals surface area contributed by atoms with Crippen LogP contribution in [-0.4, -0.2) is 12.2 Å². The molecule has 0 fully saturated rings. The van der Waals surface area contributed by atoms with Crippen molar-refractivity contribution in [1.82, 2.24) is 4.98 Å². The number of nitrogens with one attached hydrogen (secondary N) is 1. The van der Waals surface area contributed by atoms with Gasteiger partial charge in [-0.3, -0.25) is 0 Å². The smallest absolute Gasteiger partial charge is 0.418 e. The minimum absolute atomic E-state index is 0. The summed E-state index contributed by atoms with van der Waals surface area (Å²) in [5.41, 5.74) is 1.83. The van der Waals surface area contributed by atoms with E-state index in [0.717, 1.165) is 11.3 Å². The standard InChI is InChI=1S/2C18H15P.C7H8N.BF4.Pt/c2*1-4-10-16(11-5-1)19(17-12-6-2-7-13-17)18-14-8-3-9-15-18;1-6(2)7-4-3-5-8-7;2-1(3,4)5;/h2*1-15H;3-5,8H,1-2H2;;/q;;2*-1;+2. The number of hydrogen-bond donors (Lipinski definition) is 1. The number of benzene rings is 6. The van der Waals surface area contributed by atoms with Crippen LogP contribution >= 0.6 is 15.8 Å². The Balaban J connectivity index is 0.000000208. The van der Waals surface area contributed by atoms with Crippen molar-refractivity contribution in [2.24, 2.45) is 0 Å². The van der Waals surface area contributed by atoms with Crippen LogP contribution in [0.3, 0.4) is 0 Å². The molecule has 0 atom stereocenters. The van der Waals surface area contributed by atoms with E-state index in [4.69, 9.17) is 0 Å². The molecule has 9 heteroatoms. The van der Waals surface area contributed by atoms with E-state index in [-0.39, 0.29) is 21.1 Å². The van der Waals surface area contributed by atoms with E-state index >= 15 is 0 Å². The maximum absolute atomic E-state index is 9.75. The molecule has 7 aromatic rings. The molecule has 0 aliphatic carbocycles. The molecule has 7 rings (SSSR count). The minimum Gasteiger partial charge on any atom is -0.418 e. The number of allylic oxidation sites excluding steroid dienone is 1. The fourth-order valence-electron chi connectivity index (χ4n) is 4.91. The first-order valence-electron chi connectivity index (χ1n) is 16.1. The Labute approximate surface area is 321 Å². The topological polar surface area (TPSA) is 15.8 Å². The van der Waals surface area contributed by atoms with Gasteiger partial charge in [0.1, 0.15) is 0 Å². The molecule has 1 N–H and O–H groups in total. The average molecular weight is 913 g/mol. The van der Waals surface area contributed by atoms with Gasteiger partial charge in [0.25, 0.3) is 0 Å². The van der Waals surface area contributed by atoms with E-state index in [9.17, 15) is 17.3 Å². The van der Waals surface area contributed by atoms with Crippen LogP contribution in [0.5, 0.6) is 0 Å². The van der Waals surface area contributed by atoms with E-state index < -0.39 is 23.1 Å². The van der Waals surface area contributed by atoms with Gasteiger partial charge < -0.3 is 22.2 Å². The molecule has 0 aliphatic rings. The molecular weight excluding hydrogens is 874 g/mol. The Morgan fingerprint density at radius 3 is 0.769 bits per heavy atom. The Morgan fingerprint density at radius 1 is 0.423 bits per heavy atom. The van der Waals surface area contributed by atoms with Gasteiger partial charge in [0.15, 0.2) is 0 Å². The summed E-state index contributed by atoms with van der Waals surface area (Å²) < 4.78 is 39.0. The zero-order chi connectivity index (χ0) is 36.3. The fraction of sp³-hybridized carbons (Fsp3) is 0. The van der Waals surface area contributed by atoms with E-state index in [0.29, 0.717) is 0 Å². The summed E-state index contributed by atoms with van der Waals surface area (Å²) >= 11 is 0. The van der Waals surface area contributed by atoms with Crippen LogP contribution in [0.1, 0.15) is 5.69 Å². The first-order valence-corrected chi connectivity index (χ1v) is 18.8. The van der Waals surface area contributed by atoms with Gasteiger partial charge in [-0.15, -0.1) is 0 Å². The van der Waals surface area contributed by atoms with Gasteiger partial charge in [-0.05, 0) is 53.9 Å². The van der Waals surface area contributed by atoms with Gasteiger partial charge in [-0.2, -0.15) is 19.1 Å². The number of halogens is 4. The minimum atomic E-state index is -6.00. The van der Waals surface area contributed by atoms with E-state index in [1.807, 2.05) is 18.3 Å². The Hall–Kier alpha value is -4.46. The first kappa shape index (κ1) is 42.0. The van der Waals surface area contributed by atoms with Crippen molar-refractivity contribution in [3.05, 3.63) is 220 Å². The van der Waals surface area contributed by atoms with Gasteiger partial charge in [-0.25, -0.2) is 0 Å². The third-order valence-electron chi connectivity index (χ3n) is 7.07. The third-order valence-corrected chi connectivity index (χ3v) is 12.0. The second kappa shape index (κ2) is 22.5. The largest absolute Gasteiger partial charge is 2.00 e. The molecule has 52 heavy (non-hydrogen) atoms. The van der Waals surface area contributed by atoms with Crippen LogP contribution in [0.15, 0.2) is 207 Å². The molecule has 0 aliphatic heterocycles. The second-order valence-corrected chi connectivity index (χ2v) is 15.3. The van der Waals surface area contributed by atoms with Crippen LogP contribution in [0.2, 0.25) is 0 Å². The molecule has 0 bridgehead atoms. The van der Waals surface area contributed by atoms with Crippen molar-refractivity contribution in [3.8, 4) is 0 Å². The summed E-state index contributed by atoms with van der Waals surface area (Å²) in [6, 6.07) is 68.5. The van der Waals surface area contributed by atoms with Crippen LogP contribution in [0.25, 0.3) is 5.57 Å². The van der Waals surface area contributed by atoms with Crippen molar-refractivity contribution in [2.45, 2.75) is 0 Å². The molecular formula is C43H38BF4NP2Pt. The second-order valence-electron chi connectivity index (χ2n) is 10.9. The van der Waals surface area contributed by atoms with Crippen LogP contribution in [0.4, 0.5) is 17.3 Å². The normalized spacial score (nSPS) is 10.3. The van der Waals surface area contributed by atoms with E-state index in [1.165, 1.54) is 31.8 Å². The van der Waals surface area contributed by atoms with Crippen LogP contribution in [-0.2, 0) is 21.1 Å². The maximum Gasteiger partial charge on any atom is 2.00 e. The molecule has 1 heterocycles. The molecule has 0 spiro atoms. The van der Waals surface area contributed by atoms with Gasteiger partial charge in [0, 0.05) is 0 Å². The number of hydrogen-bond acceptors (Lipinski definition) is 0. The predicted octanol–water partition coefficient (Wildman–Crippen LogP) is 10.0. The van der Waals surface area contributed by atoms with Gasteiger partial charge in [0.2, 0.25) is 0 Å². The molecule has 1 nitrogen and oxygen atoms in total. The molecule has 0 amide bonds. The maximum atomic E-state index is 9.75.